The van der Waals surface area contributed by atoms with Crippen molar-refractivity contribution < 1.29 is 13.9 Å². The summed E-state index contributed by atoms with van der Waals surface area (Å²) in [5, 5.41) is 3.59. The molecule has 0 aliphatic carbocycles. The molecule has 0 bridgehead atoms. The largest absolute Gasteiger partial charge is 0.488 e. The van der Waals surface area contributed by atoms with E-state index in [1.165, 1.54) is 11.6 Å². The number of rotatable bonds is 3. The molecule has 0 saturated carbocycles. The van der Waals surface area contributed by atoms with Crippen LogP contribution in [0.2, 0.25) is 0 Å². The summed E-state index contributed by atoms with van der Waals surface area (Å²) in [6.45, 7) is 3.41. The number of carbonyl (C=O) groups is 1. The van der Waals surface area contributed by atoms with Crippen LogP contribution in [0.5, 0.6) is 5.75 Å². The summed E-state index contributed by atoms with van der Waals surface area (Å²) in [6, 6.07) is 13.1. The average Bonchev–Trinajstić information content (AvgIpc) is 2.95. The molecule has 26 heavy (non-hydrogen) atoms. The minimum atomic E-state index is -0.262. The van der Waals surface area contributed by atoms with Gasteiger partial charge in [0, 0.05) is 39.0 Å². The van der Waals surface area contributed by atoms with Crippen molar-refractivity contribution in [3.05, 3.63) is 65.0 Å². The van der Waals surface area contributed by atoms with E-state index in [1.54, 1.807) is 17.9 Å². The molecule has 2 aromatic rings. The minimum absolute atomic E-state index is 0.0236. The first kappa shape index (κ1) is 17.0. The van der Waals surface area contributed by atoms with Gasteiger partial charge < -0.3 is 15.0 Å². The Morgan fingerprint density at radius 1 is 1.27 bits per heavy atom. The van der Waals surface area contributed by atoms with E-state index in [0.29, 0.717) is 13.1 Å². The first-order chi connectivity index (χ1) is 12.6. The third kappa shape index (κ3) is 3.44. The molecular weight excluding hydrogens is 331 g/mol. The van der Waals surface area contributed by atoms with E-state index in [-0.39, 0.29) is 23.9 Å². The zero-order chi connectivity index (χ0) is 18.1. The molecule has 2 aliphatic rings. The van der Waals surface area contributed by atoms with Crippen molar-refractivity contribution in [1.29, 1.82) is 0 Å². The summed E-state index contributed by atoms with van der Waals surface area (Å²) in [4.78, 5) is 13.6. The molecule has 0 unspecified atom stereocenters. The average molecular weight is 354 g/mol. The molecule has 0 fully saturated rings. The number of fused-ring (bicyclic) bond motifs is 2. The van der Waals surface area contributed by atoms with Crippen LogP contribution in [0.1, 0.15) is 36.1 Å². The molecule has 5 heteroatoms. The summed E-state index contributed by atoms with van der Waals surface area (Å²) in [5.41, 5.74) is 3.20. The number of halogens is 1. The lowest BCUT2D eigenvalue weighted by molar-refractivity contribution is -0.129. The summed E-state index contributed by atoms with van der Waals surface area (Å²) < 4.78 is 19.7. The maximum Gasteiger partial charge on any atom is 0.219 e. The SMILES string of the molecule is CC(=O)N1CC[C@H](NC[C@@H]2Cc3ccccc3O2)c2ccc(F)cc2C1. The Bertz CT molecular complexity index is 798. The number of hydrogen-bond donors (Lipinski definition) is 1. The van der Waals surface area contributed by atoms with Gasteiger partial charge in [-0.2, -0.15) is 0 Å². The second-order valence-corrected chi connectivity index (χ2v) is 7.08. The number of amides is 1. The Balaban J connectivity index is 1.48. The summed E-state index contributed by atoms with van der Waals surface area (Å²) in [7, 11) is 0. The molecule has 0 radical (unpaired) electrons. The van der Waals surface area contributed by atoms with Gasteiger partial charge in [-0.3, -0.25) is 4.79 Å². The third-order valence-corrected chi connectivity index (χ3v) is 5.28. The molecule has 0 saturated heterocycles. The fourth-order valence-corrected chi connectivity index (χ4v) is 3.90. The first-order valence-corrected chi connectivity index (χ1v) is 9.12. The van der Waals surface area contributed by atoms with Gasteiger partial charge in [-0.05, 0) is 41.3 Å². The van der Waals surface area contributed by atoms with E-state index < -0.39 is 0 Å². The molecule has 1 amide bonds. The zero-order valence-corrected chi connectivity index (χ0v) is 14.9. The quantitative estimate of drug-likeness (QED) is 0.920. The minimum Gasteiger partial charge on any atom is -0.488 e. The molecule has 4 rings (SSSR count). The fourth-order valence-electron chi connectivity index (χ4n) is 3.90. The van der Waals surface area contributed by atoms with Gasteiger partial charge in [0.2, 0.25) is 5.91 Å². The van der Waals surface area contributed by atoms with Crippen LogP contribution in [-0.2, 0) is 17.8 Å². The van der Waals surface area contributed by atoms with E-state index >= 15 is 0 Å². The molecule has 1 N–H and O–H groups in total. The van der Waals surface area contributed by atoms with Crippen molar-refractivity contribution in [2.45, 2.75) is 38.5 Å². The smallest absolute Gasteiger partial charge is 0.219 e. The Morgan fingerprint density at radius 2 is 2.12 bits per heavy atom. The number of nitrogens with one attached hydrogen (secondary N) is 1. The monoisotopic (exact) mass is 354 g/mol. The summed E-state index contributed by atoms with van der Waals surface area (Å²) in [6.07, 6.45) is 1.80. The zero-order valence-electron chi connectivity index (χ0n) is 14.9. The highest BCUT2D eigenvalue weighted by molar-refractivity contribution is 5.73. The molecule has 2 heterocycles. The van der Waals surface area contributed by atoms with E-state index in [0.717, 1.165) is 36.3 Å². The maximum atomic E-state index is 13.7. The number of ether oxygens (including phenoxy) is 1. The van der Waals surface area contributed by atoms with E-state index in [4.69, 9.17) is 4.74 Å². The van der Waals surface area contributed by atoms with Crippen molar-refractivity contribution in [3.63, 3.8) is 0 Å². The Morgan fingerprint density at radius 3 is 2.92 bits per heavy atom. The Hall–Kier alpha value is -2.40. The van der Waals surface area contributed by atoms with Gasteiger partial charge in [0.1, 0.15) is 17.7 Å². The molecule has 4 nitrogen and oxygen atoms in total. The van der Waals surface area contributed by atoms with Crippen LogP contribution in [0.4, 0.5) is 4.39 Å². The highest BCUT2D eigenvalue weighted by atomic mass is 19.1. The van der Waals surface area contributed by atoms with Crippen molar-refractivity contribution in [3.8, 4) is 5.75 Å². The van der Waals surface area contributed by atoms with Gasteiger partial charge in [0.05, 0.1) is 0 Å². The molecule has 2 aliphatic heterocycles. The van der Waals surface area contributed by atoms with Gasteiger partial charge in [-0.1, -0.05) is 24.3 Å². The van der Waals surface area contributed by atoms with Crippen LogP contribution < -0.4 is 10.1 Å². The topological polar surface area (TPSA) is 41.6 Å². The highest BCUT2D eigenvalue weighted by Crippen LogP contribution is 2.30. The molecule has 0 spiro atoms. The number of nitrogens with zero attached hydrogens (tertiary/aromatic N) is 1. The van der Waals surface area contributed by atoms with Gasteiger partial charge >= 0.3 is 0 Å². The molecular formula is C21H23FN2O2. The van der Waals surface area contributed by atoms with E-state index in [2.05, 4.69) is 11.4 Å². The lowest BCUT2D eigenvalue weighted by Gasteiger charge is -2.21. The standard InChI is InChI=1S/C21H23FN2O2/c1-14(25)24-9-8-20(19-7-6-17(22)10-16(19)13-24)23-12-18-11-15-4-2-3-5-21(15)26-18/h2-7,10,18,20,23H,8-9,11-13H2,1H3/t18-,20-/m0/s1. The van der Waals surface area contributed by atoms with Crippen molar-refractivity contribution in [1.82, 2.24) is 10.2 Å². The lowest BCUT2D eigenvalue weighted by Crippen LogP contribution is -2.34. The molecule has 2 atom stereocenters. The number of carbonyl (C=O) groups excluding carboxylic acids is 1. The third-order valence-electron chi connectivity index (χ3n) is 5.28. The first-order valence-electron chi connectivity index (χ1n) is 9.12. The molecule has 2 aromatic carbocycles. The van der Waals surface area contributed by atoms with Crippen LogP contribution in [0.15, 0.2) is 42.5 Å². The van der Waals surface area contributed by atoms with Gasteiger partial charge in [-0.25, -0.2) is 4.39 Å². The van der Waals surface area contributed by atoms with E-state index in [9.17, 15) is 9.18 Å². The summed E-state index contributed by atoms with van der Waals surface area (Å²) in [5.74, 6) is 0.725. The molecule has 0 aromatic heterocycles. The molecule has 136 valence electrons. The summed E-state index contributed by atoms with van der Waals surface area (Å²) >= 11 is 0. The van der Waals surface area contributed by atoms with E-state index in [1.807, 2.05) is 24.3 Å². The van der Waals surface area contributed by atoms with Crippen LogP contribution >= 0.6 is 0 Å². The number of para-hydroxylation sites is 1. The second-order valence-electron chi connectivity index (χ2n) is 7.08. The van der Waals surface area contributed by atoms with Crippen LogP contribution in [0, 0.1) is 5.82 Å². The van der Waals surface area contributed by atoms with Gasteiger partial charge in [0.15, 0.2) is 0 Å². The fraction of sp³-hybridized carbons (Fsp3) is 0.381. The van der Waals surface area contributed by atoms with Crippen molar-refractivity contribution in [2.24, 2.45) is 0 Å². The number of benzene rings is 2. The van der Waals surface area contributed by atoms with Crippen molar-refractivity contribution >= 4 is 5.91 Å². The Labute approximate surface area is 153 Å². The predicted octanol–water partition coefficient (Wildman–Crippen LogP) is 3.21. The van der Waals surface area contributed by atoms with Crippen LogP contribution in [0.25, 0.3) is 0 Å². The normalized spacial score (nSPS) is 21.5. The highest BCUT2D eigenvalue weighted by Gasteiger charge is 2.27. The van der Waals surface area contributed by atoms with Gasteiger partial charge in [0.25, 0.3) is 0 Å². The Kier molecular flexibility index (Phi) is 4.64. The number of hydrogen-bond acceptors (Lipinski definition) is 3. The lowest BCUT2D eigenvalue weighted by atomic mass is 9.98. The second kappa shape index (κ2) is 7.08. The van der Waals surface area contributed by atoms with Crippen LogP contribution in [-0.4, -0.2) is 30.0 Å². The predicted molar refractivity (Wildman–Crippen MR) is 97.4 cm³/mol. The maximum absolute atomic E-state index is 13.7. The van der Waals surface area contributed by atoms with Crippen LogP contribution in [0.3, 0.4) is 0 Å². The van der Waals surface area contributed by atoms with Crippen molar-refractivity contribution in [2.75, 3.05) is 13.1 Å². The van der Waals surface area contributed by atoms with Gasteiger partial charge in [-0.15, -0.1) is 0 Å².